The first kappa shape index (κ1) is 22.6. The minimum absolute atomic E-state index is 0.150. The van der Waals surface area contributed by atoms with Gasteiger partial charge in [0.2, 0.25) is 5.78 Å². The average molecular weight is 465 g/mol. The largest absolute Gasteiger partial charge is 0.477 e. The fraction of sp³-hybridized carbons (Fsp3) is 0.385. The molecule has 0 amide bonds. The molecule has 0 unspecified atom stereocenters. The van der Waals surface area contributed by atoms with Crippen molar-refractivity contribution in [3.63, 3.8) is 0 Å². The number of rotatable bonds is 5. The Morgan fingerprint density at radius 2 is 1.82 bits per heavy atom. The first-order chi connectivity index (χ1) is 16.5. The van der Waals surface area contributed by atoms with Gasteiger partial charge in [-0.3, -0.25) is 14.6 Å². The zero-order valence-corrected chi connectivity index (χ0v) is 19.5. The maximum absolute atomic E-state index is 13.1. The van der Waals surface area contributed by atoms with Crippen molar-refractivity contribution < 1.29 is 28.5 Å². The molecule has 8 nitrogen and oxygen atoms in total. The number of morpholine rings is 1. The summed E-state index contributed by atoms with van der Waals surface area (Å²) in [5.41, 5.74) is 3.62. The van der Waals surface area contributed by atoms with E-state index in [4.69, 9.17) is 18.9 Å². The van der Waals surface area contributed by atoms with Crippen LogP contribution in [0.3, 0.4) is 0 Å². The van der Waals surface area contributed by atoms with Gasteiger partial charge in [-0.25, -0.2) is 4.79 Å². The second kappa shape index (κ2) is 9.58. The smallest absolute Gasteiger partial charge is 0.337 e. The lowest BCUT2D eigenvalue weighted by Gasteiger charge is -2.33. The molecular formula is C26H28N2O6. The number of allylic oxidation sites excluding steroid dienone is 1. The predicted octanol–water partition coefficient (Wildman–Crippen LogP) is 2.88. The predicted molar refractivity (Wildman–Crippen MR) is 125 cm³/mol. The maximum Gasteiger partial charge on any atom is 0.337 e. The Morgan fingerprint density at radius 3 is 2.56 bits per heavy atom. The van der Waals surface area contributed by atoms with Crippen LogP contribution >= 0.6 is 0 Å². The highest BCUT2D eigenvalue weighted by Crippen LogP contribution is 2.43. The van der Waals surface area contributed by atoms with Gasteiger partial charge >= 0.3 is 5.97 Å². The van der Waals surface area contributed by atoms with E-state index in [2.05, 4.69) is 9.80 Å². The fourth-order valence-electron chi connectivity index (χ4n) is 4.53. The number of benzene rings is 2. The van der Waals surface area contributed by atoms with Crippen LogP contribution in [-0.2, 0) is 16.0 Å². The van der Waals surface area contributed by atoms with Gasteiger partial charge in [-0.1, -0.05) is 12.1 Å². The minimum atomic E-state index is -0.403. The van der Waals surface area contributed by atoms with E-state index in [1.807, 2.05) is 13.0 Å². The van der Waals surface area contributed by atoms with Crippen LogP contribution < -0.4 is 9.47 Å². The van der Waals surface area contributed by atoms with Crippen molar-refractivity contribution in [2.75, 3.05) is 53.2 Å². The Bertz CT molecular complexity index is 1130. The summed E-state index contributed by atoms with van der Waals surface area (Å²) in [5, 5.41) is 0. The molecule has 5 rings (SSSR count). The van der Waals surface area contributed by atoms with Gasteiger partial charge in [-0.05, 0) is 36.8 Å². The summed E-state index contributed by atoms with van der Waals surface area (Å²) in [4.78, 5) is 29.4. The number of carbonyl (C=O) groups is 2. The maximum atomic E-state index is 13.1. The van der Waals surface area contributed by atoms with Crippen LogP contribution in [0.1, 0.15) is 37.4 Å². The van der Waals surface area contributed by atoms with Gasteiger partial charge in [0.05, 0.1) is 31.5 Å². The van der Waals surface area contributed by atoms with Crippen molar-refractivity contribution in [2.45, 2.75) is 13.5 Å². The Balaban J connectivity index is 1.31. The number of hydrogen-bond acceptors (Lipinski definition) is 8. The summed E-state index contributed by atoms with van der Waals surface area (Å²) in [6, 6.07) is 8.74. The molecule has 178 valence electrons. The molecule has 0 bridgehead atoms. The second-order valence-corrected chi connectivity index (χ2v) is 8.70. The first-order valence-electron chi connectivity index (χ1n) is 11.5. The molecule has 0 atom stereocenters. The fourth-order valence-corrected chi connectivity index (χ4v) is 4.53. The van der Waals surface area contributed by atoms with E-state index in [1.54, 1.807) is 30.3 Å². The zero-order chi connectivity index (χ0) is 23.7. The molecule has 0 spiro atoms. The van der Waals surface area contributed by atoms with E-state index >= 15 is 0 Å². The highest BCUT2D eigenvalue weighted by Gasteiger charge is 2.33. The lowest BCUT2D eigenvalue weighted by Crippen LogP contribution is -2.43. The second-order valence-electron chi connectivity index (χ2n) is 8.70. The van der Waals surface area contributed by atoms with Crippen molar-refractivity contribution in [3.8, 4) is 11.5 Å². The number of Topliss-reactive ketones (excluding diaryl/α,β-unsaturated/α-hetero) is 1. The Kier molecular flexibility index (Phi) is 6.36. The van der Waals surface area contributed by atoms with Gasteiger partial charge in [-0.15, -0.1) is 0 Å². The first-order valence-corrected chi connectivity index (χ1v) is 11.5. The van der Waals surface area contributed by atoms with Crippen molar-refractivity contribution in [2.24, 2.45) is 0 Å². The standard InChI is InChI=1S/C26H28N2O6/c1-17-24-20(15-28(16-33-24)8-7-27-9-11-32-12-10-27)14-21-23(29)22(34-25(17)21)13-18-3-5-19(6-4-18)26(30)31-2/h3-6,13-14H,7-12,15-16H2,1-2H3/b22-13-. The van der Waals surface area contributed by atoms with Crippen LogP contribution in [0.25, 0.3) is 6.08 Å². The quantitative estimate of drug-likeness (QED) is 0.494. The number of nitrogens with zero attached hydrogens (tertiary/aromatic N) is 2. The van der Waals surface area contributed by atoms with Gasteiger partial charge in [0.15, 0.2) is 5.76 Å². The van der Waals surface area contributed by atoms with Crippen LogP contribution in [0.2, 0.25) is 0 Å². The Hall–Kier alpha value is -3.20. The number of ketones is 1. The van der Waals surface area contributed by atoms with Gasteiger partial charge in [0.25, 0.3) is 0 Å². The van der Waals surface area contributed by atoms with Crippen LogP contribution in [0.5, 0.6) is 11.5 Å². The van der Waals surface area contributed by atoms with Crippen molar-refractivity contribution >= 4 is 17.8 Å². The number of fused-ring (bicyclic) bond motifs is 2. The van der Waals surface area contributed by atoms with E-state index in [9.17, 15) is 9.59 Å². The third-order valence-corrected chi connectivity index (χ3v) is 6.47. The van der Waals surface area contributed by atoms with Crippen molar-refractivity contribution in [3.05, 3.63) is 63.9 Å². The molecule has 3 aliphatic heterocycles. The third-order valence-electron chi connectivity index (χ3n) is 6.47. The van der Waals surface area contributed by atoms with E-state index in [0.717, 1.165) is 68.4 Å². The van der Waals surface area contributed by atoms with E-state index in [-0.39, 0.29) is 11.5 Å². The summed E-state index contributed by atoms with van der Waals surface area (Å²) in [7, 11) is 1.34. The molecule has 0 N–H and O–H groups in total. The van der Waals surface area contributed by atoms with Gasteiger partial charge in [0.1, 0.15) is 18.2 Å². The normalized spacial score (nSPS) is 19.4. The Morgan fingerprint density at radius 1 is 1.09 bits per heavy atom. The molecule has 0 aromatic heterocycles. The van der Waals surface area contributed by atoms with Gasteiger partial charge in [0, 0.05) is 43.9 Å². The molecule has 2 aromatic carbocycles. The molecule has 34 heavy (non-hydrogen) atoms. The Labute approximate surface area is 198 Å². The number of esters is 1. The molecule has 3 heterocycles. The van der Waals surface area contributed by atoms with Crippen LogP contribution in [-0.4, -0.2) is 74.8 Å². The number of hydrogen-bond donors (Lipinski definition) is 0. The molecule has 1 saturated heterocycles. The lowest BCUT2D eigenvalue weighted by molar-refractivity contribution is 0.0239. The molecule has 0 aliphatic carbocycles. The SMILES string of the molecule is COC(=O)c1ccc(/C=C2\Oc3c(cc4c(c3C)OCN(CCN3CCOCC3)C4)C2=O)cc1. The number of ether oxygens (including phenoxy) is 4. The molecule has 0 saturated carbocycles. The van der Waals surface area contributed by atoms with E-state index in [0.29, 0.717) is 23.6 Å². The number of methoxy groups -OCH3 is 1. The molecule has 2 aromatic rings. The highest BCUT2D eigenvalue weighted by molar-refractivity contribution is 6.15. The molecule has 0 radical (unpaired) electrons. The third kappa shape index (κ3) is 4.44. The molecule has 1 fully saturated rings. The summed E-state index contributed by atoms with van der Waals surface area (Å²) in [5.74, 6) is 1.07. The minimum Gasteiger partial charge on any atom is -0.477 e. The highest BCUT2D eigenvalue weighted by atomic mass is 16.5. The van der Waals surface area contributed by atoms with Crippen LogP contribution in [0.4, 0.5) is 0 Å². The van der Waals surface area contributed by atoms with Crippen LogP contribution in [0.15, 0.2) is 36.1 Å². The van der Waals surface area contributed by atoms with Crippen molar-refractivity contribution in [1.29, 1.82) is 0 Å². The lowest BCUT2D eigenvalue weighted by atomic mass is 10.00. The van der Waals surface area contributed by atoms with E-state index in [1.165, 1.54) is 7.11 Å². The summed E-state index contributed by atoms with van der Waals surface area (Å²) < 4.78 is 22.2. The van der Waals surface area contributed by atoms with E-state index < -0.39 is 5.97 Å². The average Bonchev–Trinajstić information content (AvgIpc) is 3.18. The topological polar surface area (TPSA) is 77.5 Å². The summed E-state index contributed by atoms with van der Waals surface area (Å²) in [6.07, 6.45) is 1.69. The zero-order valence-electron chi connectivity index (χ0n) is 19.5. The van der Waals surface area contributed by atoms with Gasteiger partial charge < -0.3 is 18.9 Å². The van der Waals surface area contributed by atoms with Crippen LogP contribution in [0, 0.1) is 6.92 Å². The van der Waals surface area contributed by atoms with Crippen molar-refractivity contribution in [1.82, 2.24) is 9.80 Å². The molecule has 8 heteroatoms. The monoisotopic (exact) mass is 464 g/mol. The summed E-state index contributed by atoms with van der Waals surface area (Å²) in [6.45, 7) is 8.55. The van der Waals surface area contributed by atoms with Gasteiger partial charge in [-0.2, -0.15) is 0 Å². The molecule has 3 aliphatic rings. The summed E-state index contributed by atoms with van der Waals surface area (Å²) >= 11 is 0. The molecular weight excluding hydrogens is 436 g/mol. The number of carbonyl (C=O) groups excluding carboxylic acids is 2.